The lowest BCUT2D eigenvalue weighted by molar-refractivity contribution is -0.120. The third-order valence-corrected chi connectivity index (χ3v) is 3.02. The SMILES string of the molecule is Cc1nn(C)c(N(CC(F)(F)F)C2CC2)c1C(=O)O. The van der Waals surface area contributed by atoms with Gasteiger partial charge in [-0.1, -0.05) is 0 Å². The first-order valence-electron chi connectivity index (χ1n) is 5.81. The summed E-state index contributed by atoms with van der Waals surface area (Å²) in [4.78, 5) is 12.3. The van der Waals surface area contributed by atoms with Crippen molar-refractivity contribution in [3.8, 4) is 0 Å². The van der Waals surface area contributed by atoms with Crippen molar-refractivity contribution >= 4 is 11.8 Å². The van der Waals surface area contributed by atoms with Gasteiger partial charge in [0.15, 0.2) is 0 Å². The van der Waals surface area contributed by atoms with Crippen LogP contribution in [0.5, 0.6) is 0 Å². The average Bonchev–Trinajstić information content (AvgIpc) is 2.99. The molecule has 0 aliphatic heterocycles. The zero-order valence-electron chi connectivity index (χ0n) is 10.5. The van der Waals surface area contributed by atoms with E-state index in [9.17, 15) is 18.0 Å². The Bertz CT molecular complexity index is 506. The third-order valence-electron chi connectivity index (χ3n) is 3.02. The monoisotopic (exact) mass is 277 g/mol. The van der Waals surface area contributed by atoms with Gasteiger partial charge in [0.25, 0.3) is 0 Å². The number of alkyl halides is 3. The molecule has 0 atom stereocenters. The molecule has 1 fully saturated rings. The van der Waals surface area contributed by atoms with Crippen molar-refractivity contribution in [3.05, 3.63) is 11.3 Å². The number of rotatable bonds is 4. The molecule has 1 heterocycles. The third kappa shape index (κ3) is 2.82. The second-order valence-electron chi connectivity index (χ2n) is 4.69. The van der Waals surface area contributed by atoms with Crippen molar-refractivity contribution in [2.24, 2.45) is 7.05 Å². The van der Waals surface area contributed by atoms with Gasteiger partial charge in [-0.3, -0.25) is 4.68 Å². The van der Waals surface area contributed by atoms with E-state index in [0.29, 0.717) is 12.8 Å². The fourth-order valence-corrected chi connectivity index (χ4v) is 2.18. The highest BCUT2D eigenvalue weighted by molar-refractivity contribution is 5.95. The normalized spacial score (nSPS) is 15.6. The summed E-state index contributed by atoms with van der Waals surface area (Å²) in [7, 11) is 1.46. The standard InChI is InChI=1S/C11H14F3N3O2/c1-6-8(10(18)19)9(16(2)15-6)17(7-3-4-7)5-11(12,13)14/h7H,3-5H2,1-2H3,(H,18,19). The van der Waals surface area contributed by atoms with Crippen molar-refractivity contribution in [1.82, 2.24) is 9.78 Å². The number of aromatic nitrogens is 2. The summed E-state index contributed by atoms with van der Waals surface area (Å²) in [6, 6.07) is -0.255. The number of carboxylic acids is 1. The van der Waals surface area contributed by atoms with E-state index in [4.69, 9.17) is 5.11 Å². The lowest BCUT2D eigenvalue weighted by Gasteiger charge is -2.26. The smallest absolute Gasteiger partial charge is 0.405 e. The zero-order valence-corrected chi connectivity index (χ0v) is 10.5. The second kappa shape index (κ2) is 4.43. The van der Waals surface area contributed by atoms with Crippen LogP contribution in [0.25, 0.3) is 0 Å². The summed E-state index contributed by atoms with van der Waals surface area (Å²) in [5.74, 6) is -1.22. The van der Waals surface area contributed by atoms with Gasteiger partial charge in [-0.2, -0.15) is 18.3 Å². The fraction of sp³-hybridized carbons (Fsp3) is 0.636. The number of carbonyl (C=O) groups is 1. The highest BCUT2D eigenvalue weighted by Gasteiger charge is 2.41. The molecular formula is C11H14F3N3O2. The molecule has 0 aromatic carbocycles. The lowest BCUT2D eigenvalue weighted by atomic mass is 10.2. The van der Waals surface area contributed by atoms with Crippen molar-refractivity contribution < 1.29 is 23.1 Å². The molecular weight excluding hydrogens is 263 g/mol. The molecule has 0 bridgehead atoms. The Hall–Kier alpha value is -1.73. The summed E-state index contributed by atoms with van der Waals surface area (Å²) < 4.78 is 39.1. The number of carboxylic acid groups (broad SMARTS) is 1. The summed E-state index contributed by atoms with van der Waals surface area (Å²) in [5, 5.41) is 13.1. The Kier molecular flexibility index (Phi) is 3.19. The number of hydrogen-bond acceptors (Lipinski definition) is 3. The molecule has 8 heteroatoms. The summed E-state index contributed by atoms with van der Waals surface area (Å²) >= 11 is 0. The van der Waals surface area contributed by atoms with Crippen LogP contribution in [0.15, 0.2) is 0 Å². The van der Waals surface area contributed by atoms with Gasteiger partial charge in [0.2, 0.25) is 0 Å². The quantitative estimate of drug-likeness (QED) is 0.914. The van der Waals surface area contributed by atoms with E-state index < -0.39 is 18.7 Å². The van der Waals surface area contributed by atoms with E-state index in [1.54, 1.807) is 0 Å². The van der Waals surface area contributed by atoms with Crippen molar-refractivity contribution in [2.75, 3.05) is 11.4 Å². The highest BCUT2D eigenvalue weighted by Crippen LogP contribution is 2.36. The van der Waals surface area contributed by atoms with Gasteiger partial charge in [0.1, 0.15) is 17.9 Å². The van der Waals surface area contributed by atoms with E-state index in [-0.39, 0.29) is 23.1 Å². The van der Waals surface area contributed by atoms with Gasteiger partial charge >= 0.3 is 12.1 Å². The average molecular weight is 277 g/mol. The maximum Gasteiger partial charge on any atom is 0.405 e. The van der Waals surface area contributed by atoms with Crippen LogP contribution in [0.3, 0.4) is 0 Å². The predicted octanol–water partition coefficient (Wildman–Crippen LogP) is 1.96. The lowest BCUT2D eigenvalue weighted by Crippen LogP contribution is -2.38. The molecule has 0 spiro atoms. The Morgan fingerprint density at radius 2 is 2.11 bits per heavy atom. The molecule has 1 N–H and O–H groups in total. The van der Waals surface area contributed by atoms with Crippen LogP contribution in [0.1, 0.15) is 28.9 Å². The summed E-state index contributed by atoms with van der Waals surface area (Å²) in [6.07, 6.45) is -3.10. The molecule has 1 aromatic rings. The molecule has 1 aliphatic rings. The van der Waals surface area contributed by atoms with Crippen LogP contribution in [-0.2, 0) is 7.05 Å². The summed E-state index contributed by atoms with van der Waals surface area (Å²) in [5.41, 5.74) is 0.0662. The minimum Gasteiger partial charge on any atom is -0.477 e. The number of anilines is 1. The molecule has 0 saturated heterocycles. The highest BCUT2D eigenvalue weighted by atomic mass is 19.4. The molecule has 1 aromatic heterocycles. The van der Waals surface area contributed by atoms with Crippen molar-refractivity contribution in [1.29, 1.82) is 0 Å². The predicted molar refractivity (Wildman–Crippen MR) is 61.3 cm³/mol. The molecule has 1 saturated carbocycles. The molecule has 1 aliphatic carbocycles. The van der Waals surface area contributed by atoms with E-state index in [2.05, 4.69) is 5.10 Å². The number of aromatic carboxylic acids is 1. The maximum absolute atomic E-state index is 12.6. The van der Waals surface area contributed by atoms with Crippen molar-refractivity contribution in [2.45, 2.75) is 32.0 Å². The maximum atomic E-state index is 12.6. The minimum atomic E-state index is -4.38. The van der Waals surface area contributed by atoms with Gasteiger partial charge in [-0.05, 0) is 19.8 Å². The van der Waals surface area contributed by atoms with E-state index in [0.717, 1.165) is 4.90 Å². The minimum absolute atomic E-state index is 0.0322. The molecule has 5 nitrogen and oxygen atoms in total. The van der Waals surface area contributed by atoms with Crippen LogP contribution in [0, 0.1) is 6.92 Å². The fourth-order valence-electron chi connectivity index (χ4n) is 2.18. The van der Waals surface area contributed by atoms with E-state index >= 15 is 0 Å². The van der Waals surface area contributed by atoms with E-state index in [1.807, 2.05) is 0 Å². The van der Waals surface area contributed by atoms with Crippen LogP contribution < -0.4 is 4.90 Å². The Balaban J connectivity index is 2.44. The van der Waals surface area contributed by atoms with Gasteiger partial charge < -0.3 is 10.0 Å². The molecule has 0 amide bonds. The van der Waals surface area contributed by atoms with Crippen LogP contribution >= 0.6 is 0 Å². The zero-order chi connectivity index (χ0) is 14.4. The molecule has 106 valence electrons. The first-order valence-corrected chi connectivity index (χ1v) is 5.81. The van der Waals surface area contributed by atoms with E-state index in [1.165, 1.54) is 18.7 Å². The Morgan fingerprint density at radius 1 is 1.53 bits per heavy atom. The number of halogens is 3. The first-order chi connectivity index (χ1) is 8.70. The largest absolute Gasteiger partial charge is 0.477 e. The van der Waals surface area contributed by atoms with Gasteiger partial charge in [-0.15, -0.1) is 0 Å². The van der Waals surface area contributed by atoms with Crippen molar-refractivity contribution in [3.63, 3.8) is 0 Å². The Morgan fingerprint density at radius 3 is 2.53 bits per heavy atom. The molecule has 2 rings (SSSR count). The number of nitrogens with zero attached hydrogens (tertiary/aromatic N) is 3. The van der Waals surface area contributed by atoms with Gasteiger partial charge in [-0.25, -0.2) is 4.79 Å². The molecule has 0 radical (unpaired) electrons. The van der Waals surface area contributed by atoms with Crippen LogP contribution in [0.4, 0.5) is 19.0 Å². The van der Waals surface area contributed by atoms with Gasteiger partial charge in [0, 0.05) is 13.1 Å². The Labute approximate surface area is 107 Å². The topological polar surface area (TPSA) is 58.4 Å². The number of hydrogen-bond donors (Lipinski definition) is 1. The molecule has 0 unspecified atom stereocenters. The summed E-state index contributed by atoms with van der Waals surface area (Å²) in [6.45, 7) is 0.322. The van der Waals surface area contributed by atoms with Crippen LogP contribution in [0.2, 0.25) is 0 Å². The second-order valence-corrected chi connectivity index (χ2v) is 4.69. The molecule has 19 heavy (non-hydrogen) atoms. The van der Waals surface area contributed by atoms with Gasteiger partial charge in [0.05, 0.1) is 5.69 Å². The van der Waals surface area contributed by atoms with Crippen LogP contribution in [-0.4, -0.2) is 39.6 Å². The number of aryl methyl sites for hydroxylation is 2. The first kappa shape index (κ1) is 13.7.